The van der Waals surface area contributed by atoms with Crippen molar-refractivity contribution >= 4 is 17.3 Å². The molecule has 18 heavy (non-hydrogen) atoms. The van der Waals surface area contributed by atoms with Crippen LogP contribution in [0.5, 0.6) is 5.75 Å². The Morgan fingerprint density at radius 1 is 1.33 bits per heavy atom. The molecule has 0 bridgehead atoms. The molecule has 0 atom stereocenters. The van der Waals surface area contributed by atoms with Crippen molar-refractivity contribution in [2.45, 2.75) is 6.61 Å². The molecule has 2 rings (SSSR count). The summed E-state index contributed by atoms with van der Waals surface area (Å²) in [6, 6.07) is 9.48. The van der Waals surface area contributed by atoms with Crippen molar-refractivity contribution in [1.82, 2.24) is 4.98 Å². The molecule has 0 amide bonds. The van der Waals surface area contributed by atoms with Crippen LogP contribution in [0.4, 0.5) is 5.69 Å². The van der Waals surface area contributed by atoms with E-state index in [1.54, 1.807) is 30.5 Å². The van der Waals surface area contributed by atoms with Gasteiger partial charge in [-0.3, -0.25) is 10.1 Å². The lowest BCUT2D eigenvalue weighted by atomic mass is 10.3. The Bertz CT molecular complexity index is 575. The topological polar surface area (TPSA) is 65.3 Å². The van der Waals surface area contributed by atoms with Gasteiger partial charge in [-0.15, -0.1) is 0 Å². The summed E-state index contributed by atoms with van der Waals surface area (Å²) in [5.74, 6) is 0.442. The fraction of sp³-hybridized carbons (Fsp3) is 0.0833. The number of nitro benzene ring substituents is 1. The molecular formula is C12H9ClN2O3. The van der Waals surface area contributed by atoms with E-state index in [4.69, 9.17) is 16.3 Å². The summed E-state index contributed by atoms with van der Waals surface area (Å²) in [6.07, 6.45) is 1.58. The van der Waals surface area contributed by atoms with Crippen molar-refractivity contribution in [3.8, 4) is 5.75 Å². The van der Waals surface area contributed by atoms with E-state index in [2.05, 4.69) is 4.98 Å². The van der Waals surface area contributed by atoms with Crippen LogP contribution in [-0.2, 0) is 6.61 Å². The van der Waals surface area contributed by atoms with Gasteiger partial charge in [-0.1, -0.05) is 17.7 Å². The Morgan fingerprint density at radius 3 is 2.89 bits per heavy atom. The second-order valence-electron chi connectivity index (χ2n) is 3.53. The van der Waals surface area contributed by atoms with Gasteiger partial charge in [0, 0.05) is 12.3 Å². The molecule has 92 valence electrons. The number of ether oxygens (including phenoxy) is 1. The zero-order valence-electron chi connectivity index (χ0n) is 9.25. The Labute approximate surface area is 108 Å². The summed E-state index contributed by atoms with van der Waals surface area (Å²) in [7, 11) is 0. The van der Waals surface area contributed by atoms with E-state index in [0.717, 1.165) is 5.56 Å². The summed E-state index contributed by atoms with van der Waals surface area (Å²) in [4.78, 5) is 14.0. The molecule has 2 aromatic rings. The highest BCUT2D eigenvalue weighted by Gasteiger charge is 2.06. The van der Waals surface area contributed by atoms with Crippen LogP contribution in [0.25, 0.3) is 0 Å². The monoisotopic (exact) mass is 264 g/mol. The van der Waals surface area contributed by atoms with Crippen LogP contribution >= 0.6 is 11.6 Å². The van der Waals surface area contributed by atoms with Crippen molar-refractivity contribution in [2.75, 3.05) is 0 Å². The smallest absolute Gasteiger partial charge is 0.273 e. The molecule has 0 N–H and O–H groups in total. The number of rotatable bonds is 4. The molecule has 0 aliphatic heterocycles. The molecular weight excluding hydrogens is 256 g/mol. The zero-order valence-corrected chi connectivity index (χ0v) is 10.0. The van der Waals surface area contributed by atoms with Gasteiger partial charge in [0.05, 0.1) is 11.0 Å². The quantitative estimate of drug-likeness (QED) is 0.483. The Hall–Kier alpha value is -2.14. The summed E-state index contributed by atoms with van der Waals surface area (Å²) in [6.45, 7) is 0.281. The van der Waals surface area contributed by atoms with Crippen LogP contribution in [-0.4, -0.2) is 9.91 Å². The number of nitro groups is 1. The van der Waals surface area contributed by atoms with Crippen LogP contribution in [0, 0.1) is 10.1 Å². The van der Waals surface area contributed by atoms with Gasteiger partial charge < -0.3 is 4.74 Å². The number of pyridine rings is 1. The van der Waals surface area contributed by atoms with Crippen molar-refractivity contribution in [3.05, 3.63) is 63.4 Å². The average Bonchev–Trinajstić information content (AvgIpc) is 2.37. The summed E-state index contributed by atoms with van der Waals surface area (Å²) in [5, 5.41) is 11.0. The fourth-order valence-corrected chi connectivity index (χ4v) is 1.58. The molecule has 0 spiro atoms. The van der Waals surface area contributed by atoms with Gasteiger partial charge in [0.1, 0.15) is 17.5 Å². The van der Waals surface area contributed by atoms with Crippen LogP contribution in [0.2, 0.25) is 5.15 Å². The lowest BCUT2D eigenvalue weighted by Crippen LogP contribution is -1.96. The number of halogens is 1. The molecule has 0 unspecified atom stereocenters. The maximum Gasteiger partial charge on any atom is 0.273 e. The Kier molecular flexibility index (Phi) is 3.74. The minimum Gasteiger partial charge on any atom is -0.489 e. The summed E-state index contributed by atoms with van der Waals surface area (Å²) < 4.78 is 5.45. The van der Waals surface area contributed by atoms with Gasteiger partial charge in [-0.05, 0) is 23.8 Å². The molecule has 1 aromatic heterocycles. The molecule has 0 aliphatic rings. The summed E-state index contributed by atoms with van der Waals surface area (Å²) in [5.41, 5.74) is 0.849. The predicted molar refractivity (Wildman–Crippen MR) is 66.7 cm³/mol. The van der Waals surface area contributed by atoms with Crippen LogP contribution in [0.3, 0.4) is 0 Å². The number of aromatic nitrogens is 1. The number of non-ortho nitro benzene ring substituents is 1. The van der Waals surface area contributed by atoms with Gasteiger partial charge in [0.15, 0.2) is 0 Å². The summed E-state index contributed by atoms with van der Waals surface area (Å²) >= 11 is 5.74. The van der Waals surface area contributed by atoms with E-state index in [1.807, 2.05) is 0 Å². The molecule has 5 nitrogen and oxygen atoms in total. The number of hydrogen-bond acceptors (Lipinski definition) is 4. The third kappa shape index (κ3) is 3.18. The second-order valence-corrected chi connectivity index (χ2v) is 3.92. The average molecular weight is 265 g/mol. The Balaban J connectivity index is 2.06. The predicted octanol–water partition coefficient (Wildman–Crippen LogP) is 3.22. The molecule has 6 heteroatoms. The highest BCUT2D eigenvalue weighted by molar-refractivity contribution is 6.29. The number of benzene rings is 1. The standard InChI is InChI=1S/C12H9ClN2O3/c13-12-6-9(4-5-14-12)8-18-11-3-1-2-10(7-11)15(16)17/h1-7H,8H2. The minimum atomic E-state index is -0.462. The van der Waals surface area contributed by atoms with Crippen LogP contribution in [0.15, 0.2) is 42.6 Å². The van der Waals surface area contributed by atoms with Crippen molar-refractivity contribution in [3.63, 3.8) is 0 Å². The van der Waals surface area contributed by atoms with Crippen LogP contribution < -0.4 is 4.74 Å². The first-order valence-electron chi connectivity index (χ1n) is 5.13. The molecule has 1 heterocycles. The third-order valence-electron chi connectivity index (χ3n) is 2.22. The highest BCUT2D eigenvalue weighted by Crippen LogP contribution is 2.20. The van der Waals surface area contributed by atoms with Gasteiger partial charge in [0.2, 0.25) is 0 Å². The molecule has 1 aromatic carbocycles. The first kappa shape index (κ1) is 12.3. The fourth-order valence-electron chi connectivity index (χ4n) is 1.39. The van der Waals surface area contributed by atoms with Gasteiger partial charge in [-0.2, -0.15) is 0 Å². The van der Waals surface area contributed by atoms with E-state index < -0.39 is 4.92 Å². The van der Waals surface area contributed by atoms with Crippen LogP contribution in [0.1, 0.15) is 5.56 Å². The highest BCUT2D eigenvalue weighted by atomic mass is 35.5. The largest absolute Gasteiger partial charge is 0.489 e. The van der Waals surface area contributed by atoms with Crippen molar-refractivity contribution in [1.29, 1.82) is 0 Å². The van der Waals surface area contributed by atoms with Gasteiger partial charge in [0.25, 0.3) is 5.69 Å². The number of nitrogens with zero attached hydrogens (tertiary/aromatic N) is 2. The zero-order chi connectivity index (χ0) is 13.0. The first-order valence-corrected chi connectivity index (χ1v) is 5.50. The lowest BCUT2D eigenvalue weighted by molar-refractivity contribution is -0.384. The van der Waals surface area contributed by atoms with E-state index >= 15 is 0 Å². The maximum atomic E-state index is 10.6. The molecule has 0 fully saturated rings. The molecule has 0 aliphatic carbocycles. The Morgan fingerprint density at radius 2 is 2.17 bits per heavy atom. The normalized spacial score (nSPS) is 10.1. The minimum absolute atomic E-state index is 0.000241. The van der Waals surface area contributed by atoms with E-state index in [1.165, 1.54) is 12.1 Å². The van der Waals surface area contributed by atoms with Gasteiger partial charge in [-0.25, -0.2) is 4.98 Å². The second kappa shape index (κ2) is 5.46. The van der Waals surface area contributed by atoms with E-state index in [9.17, 15) is 10.1 Å². The van der Waals surface area contributed by atoms with E-state index in [-0.39, 0.29) is 12.3 Å². The molecule has 0 saturated heterocycles. The third-order valence-corrected chi connectivity index (χ3v) is 2.43. The number of hydrogen-bond donors (Lipinski definition) is 0. The molecule has 0 saturated carbocycles. The first-order chi connectivity index (χ1) is 8.65. The van der Waals surface area contributed by atoms with Crippen molar-refractivity contribution in [2.24, 2.45) is 0 Å². The SMILES string of the molecule is O=[N+]([O-])c1cccc(OCc2ccnc(Cl)c2)c1. The van der Waals surface area contributed by atoms with Gasteiger partial charge >= 0.3 is 0 Å². The van der Waals surface area contributed by atoms with Crippen molar-refractivity contribution < 1.29 is 9.66 Å². The van der Waals surface area contributed by atoms with E-state index in [0.29, 0.717) is 10.9 Å². The lowest BCUT2D eigenvalue weighted by Gasteiger charge is -2.05. The molecule has 0 radical (unpaired) electrons. The maximum absolute atomic E-state index is 10.6.